The fourth-order valence-corrected chi connectivity index (χ4v) is 1.01. The molecule has 0 aliphatic carbocycles. The molecule has 0 N–H and O–H groups in total. The molecule has 5 nitrogen and oxygen atoms in total. The van der Waals surface area contributed by atoms with Gasteiger partial charge in [0.2, 0.25) is 0 Å². The minimum Gasteiger partial charge on any atom is -0.493 e. The van der Waals surface area contributed by atoms with Gasteiger partial charge in [-0.25, -0.2) is 0 Å². The van der Waals surface area contributed by atoms with Crippen molar-refractivity contribution in [3.05, 3.63) is 18.2 Å². The molecule has 0 radical (unpaired) electrons. The van der Waals surface area contributed by atoms with Crippen LogP contribution >= 0.6 is 0 Å². The van der Waals surface area contributed by atoms with Crippen LogP contribution in [-0.4, -0.2) is 20.2 Å². The van der Waals surface area contributed by atoms with Crippen molar-refractivity contribution in [2.75, 3.05) is 13.7 Å². The van der Waals surface area contributed by atoms with Gasteiger partial charge in [0.05, 0.1) is 7.11 Å². The van der Waals surface area contributed by atoms with Crippen molar-refractivity contribution < 1.29 is 19.0 Å². The van der Waals surface area contributed by atoms with Crippen molar-refractivity contribution in [3.63, 3.8) is 0 Å². The molecular formula is C10H9NO4. The summed E-state index contributed by atoms with van der Waals surface area (Å²) in [5, 5.41) is 8.34. The molecule has 0 aromatic heterocycles. The summed E-state index contributed by atoms with van der Waals surface area (Å²) in [6.07, 6.45) is 0. The van der Waals surface area contributed by atoms with Crippen molar-refractivity contribution in [1.29, 1.82) is 5.26 Å². The van der Waals surface area contributed by atoms with Crippen LogP contribution < -0.4 is 14.2 Å². The largest absolute Gasteiger partial charge is 0.493 e. The molecule has 0 amide bonds. The second-order valence-electron chi connectivity index (χ2n) is 2.47. The topological polar surface area (TPSA) is 68.6 Å². The van der Waals surface area contributed by atoms with E-state index in [0.717, 1.165) is 0 Å². The third-order valence-electron chi connectivity index (χ3n) is 1.61. The zero-order chi connectivity index (χ0) is 11.1. The van der Waals surface area contributed by atoms with E-state index in [2.05, 4.69) is 4.74 Å². The molecular weight excluding hydrogens is 198 g/mol. The van der Waals surface area contributed by atoms with Crippen LogP contribution in [0.4, 0.5) is 0 Å². The summed E-state index contributed by atoms with van der Waals surface area (Å²) in [7, 11) is 1.46. The predicted octanol–water partition coefficient (Wildman–Crippen LogP) is 1.13. The van der Waals surface area contributed by atoms with E-state index in [0.29, 0.717) is 23.7 Å². The molecule has 0 aliphatic heterocycles. The Hall–Kier alpha value is -2.22. The standard InChI is InChI=1S/C10H9NO4/c1-13-10-6-8(15-7-12)2-3-9(10)14-5-4-11/h2-3,6-7H,5H2,1H3. The first-order valence-corrected chi connectivity index (χ1v) is 4.10. The lowest BCUT2D eigenvalue weighted by Crippen LogP contribution is -1.97. The van der Waals surface area contributed by atoms with E-state index in [-0.39, 0.29) is 6.61 Å². The van der Waals surface area contributed by atoms with Crippen LogP contribution in [0.25, 0.3) is 0 Å². The lowest BCUT2D eigenvalue weighted by Gasteiger charge is -2.08. The number of hydrogen-bond donors (Lipinski definition) is 0. The quantitative estimate of drug-likeness (QED) is 0.677. The Bertz CT molecular complexity index is 383. The number of methoxy groups -OCH3 is 1. The summed E-state index contributed by atoms with van der Waals surface area (Å²) in [5.41, 5.74) is 0. The summed E-state index contributed by atoms with van der Waals surface area (Å²) in [5.74, 6) is 1.19. The Morgan fingerprint density at radius 2 is 2.27 bits per heavy atom. The number of hydrogen-bond acceptors (Lipinski definition) is 5. The highest BCUT2D eigenvalue weighted by Crippen LogP contribution is 2.30. The van der Waals surface area contributed by atoms with Gasteiger partial charge in [-0.2, -0.15) is 5.26 Å². The summed E-state index contributed by atoms with van der Waals surface area (Å²) in [6.45, 7) is 0.259. The van der Waals surface area contributed by atoms with Crippen LogP contribution in [0, 0.1) is 11.3 Å². The minimum absolute atomic E-state index is 0.0652. The van der Waals surface area contributed by atoms with E-state index in [4.69, 9.17) is 14.7 Å². The molecule has 0 bridgehead atoms. The van der Waals surface area contributed by atoms with E-state index in [9.17, 15) is 4.79 Å². The minimum atomic E-state index is -0.0652. The van der Waals surface area contributed by atoms with Crippen molar-refractivity contribution >= 4 is 6.47 Å². The van der Waals surface area contributed by atoms with Gasteiger partial charge in [0, 0.05) is 6.07 Å². The van der Waals surface area contributed by atoms with Gasteiger partial charge in [-0.3, -0.25) is 4.79 Å². The molecule has 1 aromatic rings. The van der Waals surface area contributed by atoms with Gasteiger partial charge in [-0.1, -0.05) is 0 Å². The first kappa shape index (κ1) is 10.9. The molecule has 1 aromatic carbocycles. The second kappa shape index (κ2) is 5.50. The number of ether oxygens (including phenoxy) is 3. The van der Waals surface area contributed by atoms with Crippen LogP contribution in [-0.2, 0) is 4.79 Å². The van der Waals surface area contributed by atoms with Crippen LogP contribution in [0.5, 0.6) is 17.2 Å². The second-order valence-corrected chi connectivity index (χ2v) is 2.47. The smallest absolute Gasteiger partial charge is 0.298 e. The Morgan fingerprint density at radius 1 is 1.47 bits per heavy atom. The molecule has 0 heterocycles. The molecule has 0 atom stereocenters. The number of nitrogens with zero attached hydrogens (tertiary/aromatic N) is 1. The van der Waals surface area contributed by atoms with Gasteiger partial charge in [0.15, 0.2) is 18.1 Å². The fraction of sp³-hybridized carbons (Fsp3) is 0.200. The fourth-order valence-electron chi connectivity index (χ4n) is 1.01. The zero-order valence-electron chi connectivity index (χ0n) is 8.10. The Labute approximate surface area is 86.8 Å². The van der Waals surface area contributed by atoms with E-state index < -0.39 is 0 Å². The first-order valence-electron chi connectivity index (χ1n) is 4.10. The van der Waals surface area contributed by atoms with Crippen molar-refractivity contribution in [3.8, 4) is 23.3 Å². The highest BCUT2D eigenvalue weighted by atomic mass is 16.5. The van der Waals surface area contributed by atoms with Gasteiger partial charge < -0.3 is 14.2 Å². The molecule has 5 heteroatoms. The van der Waals surface area contributed by atoms with Gasteiger partial charge in [-0.05, 0) is 12.1 Å². The Morgan fingerprint density at radius 3 is 2.87 bits per heavy atom. The third-order valence-corrected chi connectivity index (χ3v) is 1.61. The Kier molecular flexibility index (Phi) is 3.98. The monoisotopic (exact) mass is 207 g/mol. The molecule has 0 spiro atoms. The molecule has 0 aliphatic rings. The highest BCUT2D eigenvalue weighted by molar-refractivity contribution is 5.51. The molecule has 0 saturated carbocycles. The molecule has 15 heavy (non-hydrogen) atoms. The van der Waals surface area contributed by atoms with E-state index in [1.165, 1.54) is 13.2 Å². The number of rotatable bonds is 5. The SMILES string of the molecule is COc1cc(OC=O)ccc1OCC#N. The summed E-state index contributed by atoms with van der Waals surface area (Å²) in [6, 6.07) is 6.45. The van der Waals surface area contributed by atoms with Crippen molar-refractivity contribution in [2.24, 2.45) is 0 Å². The highest BCUT2D eigenvalue weighted by Gasteiger charge is 2.05. The van der Waals surface area contributed by atoms with E-state index in [1.807, 2.05) is 6.07 Å². The van der Waals surface area contributed by atoms with Crippen LogP contribution in [0.15, 0.2) is 18.2 Å². The predicted molar refractivity (Wildman–Crippen MR) is 50.8 cm³/mol. The van der Waals surface area contributed by atoms with E-state index in [1.54, 1.807) is 12.1 Å². The summed E-state index contributed by atoms with van der Waals surface area (Å²) in [4.78, 5) is 10.1. The van der Waals surface area contributed by atoms with Crippen LogP contribution in [0.3, 0.4) is 0 Å². The number of benzene rings is 1. The third kappa shape index (κ3) is 2.88. The zero-order valence-corrected chi connectivity index (χ0v) is 8.10. The normalized spacial score (nSPS) is 8.80. The number of carbonyl (C=O) groups excluding carboxylic acids is 1. The maximum Gasteiger partial charge on any atom is 0.298 e. The van der Waals surface area contributed by atoms with Crippen molar-refractivity contribution in [2.45, 2.75) is 0 Å². The van der Waals surface area contributed by atoms with Crippen LogP contribution in [0.1, 0.15) is 0 Å². The molecule has 78 valence electrons. The van der Waals surface area contributed by atoms with E-state index >= 15 is 0 Å². The maximum atomic E-state index is 10.1. The summed E-state index contributed by atoms with van der Waals surface area (Å²) < 4.78 is 14.7. The van der Waals surface area contributed by atoms with Crippen molar-refractivity contribution in [1.82, 2.24) is 0 Å². The molecule has 0 saturated heterocycles. The lowest BCUT2D eigenvalue weighted by molar-refractivity contribution is -0.120. The molecule has 0 fully saturated rings. The average molecular weight is 207 g/mol. The van der Waals surface area contributed by atoms with Gasteiger partial charge in [0.25, 0.3) is 6.47 Å². The van der Waals surface area contributed by atoms with Gasteiger partial charge >= 0.3 is 0 Å². The van der Waals surface area contributed by atoms with Gasteiger partial charge in [-0.15, -0.1) is 0 Å². The molecule has 0 unspecified atom stereocenters. The summed E-state index contributed by atoms with van der Waals surface area (Å²) >= 11 is 0. The van der Waals surface area contributed by atoms with Gasteiger partial charge in [0.1, 0.15) is 11.8 Å². The first-order chi connectivity index (χ1) is 7.31. The maximum absolute atomic E-state index is 10.1. The number of nitriles is 1. The lowest BCUT2D eigenvalue weighted by atomic mass is 10.3. The number of carbonyl (C=O) groups is 1. The average Bonchev–Trinajstić information content (AvgIpc) is 2.27. The van der Waals surface area contributed by atoms with Crippen LogP contribution in [0.2, 0.25) is 0 Å². The Balaban J connectivity index is 2.88. The molecule has 1 rings (SSSR count).